The molecule has 1 amide bonds. The molecule has 0 spiro atoms. The zero-order chi connectivity index (χ0) is 21.8. The predicted molar refractivity (Wildman–Crippen MR) is 117 cm³/mol. The number of aromatic nitrogens is 6. The first kappa shape index (κ1) is 20.6. The lowest BCUT2D eigenvalue weighted by Crippen LogP contribution is -2.23. The Morgan fingerprint density at radius 3 is 2.87 bits per heavy atom. The number of fused-ring (bicyclic) bond motifs is 1. The Labute approximate surface area is 181 Å². The summed E-state index contributed by atoms with van der Waals surface area (Å²) in [7, 11) is 1.61. The Morgan fingerprint density at radius 2 is 2.16 bits per heavy atom. The lowest BCUT2D eigenvalue weighted by atomic mass is 10.1. The summed E-state index contributed by atoms with van der Waals surface area (Å²) in [6.45, 7) is 0.991. The number of hydrogen-bond acceptors (Lipinski definition) is 7. The van der Waals surface area contributed by atoms with Gasteiger partial charge in [0, 0.05) is 25.8 Å². The maximum absolute atomic E-state index is 12.8. The van der Waals surface area contributed by atoms with Crippen LogP contribution >= 0.6 is 12.2 Å². The van der Waals surface area contributed by atoms with E-state index in [1.807, 2.05) is 0 Å². The third-order valence-electron chi connectivity index (χ3n) is 4.63. The third-order valence-corrected chi connectivity index (χ3v) is 4.96. The van der Waals surface area contributed by atoms with E-state index in [9.17, 15) is 9.59 Å². The molecular formula is C20H19N7O3S. The number of amides is 1. The molecule has 0 aliphatic heterocycles. The highest BCUT2D eigenvalue weighted by Gasteiger charge is 2.11. The molecule has 1 aromatic carbocycles. The van der Waals surface area contributed by atoms with E-state index in [0.717, 1.165) is 0 Å². The van der Waals surface area contributed by atoms with Crippen molar-refractivity contribution in [2.45, 2.75) is 13.0 Å². The number of nitrogens with one attached hydrogen (secondary N) is 2. The molecule has 3 heterocycles. The van der Waals surface area contributed by atoms with E-state index in [2.05, 4.69) is 25.4 Å². The number of methoxy groups -OCH3 is 1. The van der Waals surface area contributed by atoms with Gasteiger partial charge in [-0.3, -0.25) is 14.2 Å². The lowest BCUT2D eigenvalue weighted by Gasteiger charge is -2.10. The molecule has 0 atom stereocenters. The Kier molecular flexibility index (Phi) is 5.96. The molecule has 0 radical (unpaired) electrons. The van der Waals surface area contributed by atoms with Gasteiger partial charge < -0.3 is 15.0 Å². The van der Waals surface area contributed by atoms with Crippen LogP contribution in [0, 0.1) is 4.77 Å². The SMILES string of the molecule is COCCCn1c(=S)[nH]c2cc(C(=O)Nc3ccc(-n4cncn4)nc3)ccc2c1=O. The number of carbonyl (C=O) groups is 1. The van der Waals surface area contributed by atoms with Crippen LogP contribution in [-0.4, -0.2) is 48.9 Å². The number of anilines is 1. The summed E-state index contributed by atoms with van der Waals surface area (Å²) in [6.07, 6.45) is 5.15. The monoisotopic (exact) mass is 437 g/mol. The molecule has 0 aliphatic carbocycles. The summed E-state index contributed by atoms with van der Waals surface area (Å²) in [4.78, 5) is 36.6. The largest absolute Gasteiger partial charge is 0.385 e. The molecular weight excluding hydrogens is 418 g/mol. The number of ether oxygens (including phenoxy) is 1. The number of rotatable bonds is 7. The van der Waals surface area contributed by atoms with Crippen LogP contribution in [0.1, 0.15) is 16.8 Å². The van der Waals surface area contributed by atoms with E-state index in [-0.39, 0.29) is 11.5 Å². The summed E-state index contributed by atoms with van der Waals surface area (Å²) >= 11 is 5.32. The van der Waals surface area contributed by atoms with Crippen molar-refractivity contribution >= 4 is 34.7 Å². The average molecular weight is 437 g/mol. The van der Waals surface area contributed by atoms with Gasteiger partial charge in [-0.1, -0.05) is 0 Å². The van der Waals surface area contributed by atoms with Crippen LogP contribution in [0.2, 0.25) is 0 Å². The van der Waals surface area contributed by atoms with Crippen molar-refractivity contribution in [1.82, 2.24) is 29.3 Å². The zero-order valence-electron chi connectivity index (χ0n) is 16.6. The van der Waals surface area contributed by atoms with E-state index in [1.165, 1.54) is 28.1 Å². The highest BCUT2D eigenvalue weighted by molar-refractivity contribution is 7.71. The molecule has 0 aliphatic rings. The van der Waals surface area contributed by atoms with Crippen molar-refractivity contribution in [3.63, 3.8) is 0 Å². The second kappa shape index (κ2) is 8.98. The van der Waals surface area contributed by atoms with Gasteiger partial charge in [-0.15, -0.1) is 0 Å². The van der Waals surface area contributed by atoms with Crippen LogP contribution in [0.3, 0.4) is 0 Å². The standard InChI is InChI=1S/C20H19N7O3S/c1-30-8-2-7-26-19(29)15-5-3-13(9-16(15)25-20(26)31)18(28)24-14-4-6-17(22-10-14)27-12-21-11-23-27/h3-6,9-12H,2,7-8H2,1H3,(H,24,28)(H,25,31). The van der Waals surface area contributed by atoms with Gasteiger partial charge in [0.2, 0.25) is 0 Å². The molecule has 4 rings (SSSR count). The van der Waals surface area contributed by atoms with Gasteiger partial charge >= 0.3 is 0 Å². The fraction of sp³-hybridized carbons (Fsp3) is 0.200. The molecule has 2 N–H and O–H groups in total. The summed E-state index contributed by atoms with van der Waals surface area (Å²) in [5.74, 6) is 0.247. The maximum atomic E-state index is 12.8. The van der Waals surface area contributed by atoms with Gasteiger partial charge in [0.15, 0.2) is 10.6 Å². The van der Waals surface area contributed by atoms with Crippen LogP contribution < -0.4 is 10.9 Å². The second-order valence-corrected chi connectivity index (χ2v) is 7.08. The highest BCUT2D eigenvalue weighted by Crippen LogP contribution is 2.14. The van der Waals surface area contributed by atoms with E-state index in [4.69, 9.17) is 17.0 Å². The molecule has 0 saturated carbocycles. The minimum atomic E-state index is -0.333. The first-order chi connectivity index (χ1) is 15.1. The number of benzene rings is 1. The molecule has 0 saturated heterocycles. The summed E-state index contributed by atoms with van der Waals surface area (Å²) < 4.78 is 8.35. The summed E-state index contributed by atoms with van der Waals surface area (Å²) in [6, 6.07) is 8.27. The number of carbonyl (C=O) groups excluding carboxylic acids is 1. The van der Waals surface area contributed by atoms with Gasteiger partial charge in [0.05, 0.1) is 22.8 Å². The van der Waals surface area contributed by atoms with E-state index >= 15 is 0 Å². The van der Waals surface area contributed by atoms with Crippen molar-refractivity contribution < 1.29 is 9.53 Å². The summed E-state index contributed by atoms with van der Waals surface area (Å²) in [5, 5.41) is 7.25. The molecule has 10 nitrogen and oxygen atoms in total. The fourth-order valence-corrected chi connectivity index (χ4v) is 3.38. The van der Waals surface area contributed by atoms with Crippen LogP contribution in [0.4, 0.5) is 5.69 Å². The first-order valence-electron chi connectivity index (χ1n) is 9.45. The van der Waals surface area contributed by atoms with Crippen molar-refractivity contribution in [3.05, 3.63) is 69.9 Å². The van der Waals surface area contributed by atoms with E-state index < -0.39 is 0 Å². The van der Waals surface area contributed by atoms with Crippen molar-refractivity contribution in [2.24, 2.45) is 0 Å². The van der Waals surface area contributed by atoms with Crippen molar-refractivity contribution in [3.8, 4) is 5.82 Å². The van der Waals surface area contributed by atoms with Crippen LogP contribution in [0.15, 0.2) is 54.0 Å². The van der Waals surface area contributed by atoms with Gasteiger partial charge in [-0.05, 0) is 49.0 Å². The number of nitrogens with zero attached hydrogens (tertiary/aromatic N) is 5. The number of H-pyrrole nitrogens is 1. The Hall–Kier alpha value is -3.70. The highest BCUT2D eigenvalue weighted by atomic mass is 32.1. The van der Waals surface area contributed by atoms with E-state index in [1.54, 1.807) is 37.4 Å². The van der Waals surface area contributed by atoms with Gasteiger partial charge in [0.1, 0.15) is 12.7 Å². The Bertz CT molecular complexity index is 1330. The minimum Gasteiger partial charge on any atom is -0.385 e. The fourth-order valence-electron chi connectivity index (χ4n) is 3.09. The number of aromatic amines is 1. The lowest BCUT2D eigenvalue weighted by molar-refractivity contribution is 0.102. The molecule has 31 heavy (non-hydrogen) atoms. The topological polar surface area (TPSA) is 120 Å². The third kappa shape index (κ3) is 4.42. The molecule has 0 fully saturated rings. The Balaban J connectivity index is 1.55. The zero-order valence-corrected chi connectivity index (χ0v) is 17.4. The first-order valence-corrected chi connectivity index (χ1v) is 9.86. The van der Waals surface area contributed by atoms with Crippen molar-refractivity contribution in [1.29, 1.82) is 0 Å². The normalized spacial score (nSPS) is 11.0. The number of hydrogen-bond donors (Lipinski definition) is 2. The quantitative estimate of drug-likeness (QED) is 0.336. The number of pyridine rings is 1. The van der Waals surface area contributed by atoms with E-state index in [0.29, 0.717) is 52.3 Å². The van der Waals surface area contributed by atoms with Gasteiger partial charge in [-0.25, -0.2) is 14.6 Å². The smallest absolute Gasteiger partial charge is 0.262 e. The average Bonchev–Trinajstić information content (AvgIpc) is 3.31. The Morgan fingerprint density at radius 1 is 1.29 bits per heavy atom. The molecule has 0 unspecified atom stereocenters. The predicted octanol–water partition coefficient (Wildman–Crippen LogP) is 2.32. The van der Waals surface area contributed by atoms with Crippen molar-refractivity contribution in [2.75, 3.05) is 19.0 Å². The molecule has 0 bridgehead atoms. The molecule has 158 valence electrons. The molecule has 11 heteroatoms. The second-order valence-electron chi connectivity index (χ2n) is 6.69. The molecule has 4 aromatic rings. The minimum absolute atomic E-state index is 0.199. The maximum Gasteiger partial charge on any atom is 0.262 e. The van der Waals surface area contributed by atoms with Crippen LogP contribution in [0.5, 0.6) is 0 Å². The molecule has 3 aromatic heterocycles. The summed E-state index contributed by atoms with van der Waals surface area (Å²) in [5.41, 5.74) is 1.21. The van der Waals surface area contributed by atoms with Crippen LogP contribution in [-0.2, 0) is 11.3 Å². The van der Waals surface area contributed by atoms with Crippen LogP contribution in [0.25, 0.3) is 16.7 Å². The van der Waals surface area contributed by atoms with Gasteiger partial charge in [-0.2, -0.15) is 5.10 Å². The van der Waals surface area contributed by atoms with Gasteiger partial charge in [0.25, 0.3) is 11.5 Å².